The molecule has 0 spiro atoms. The molecule has 2 N–H and O–H groups in total. The smallest absolute Gasteiger partial charge is 0.321 e. The van der Waals surface area contributed by atoms with Crippen molar-refractivity contribution in [3.8, 4) is 29.1 Å². The maximum atomic E-state index is 13.7. The number of anilines is 1. The Morgan fingerprint density at radius 3 is 2.55 bits per heavy atom. The van der Waals surface area contributed by atoms with Crippen LogP contribution in [-0.4, -0.2) is 74.4 Å². The lowest BCUT2D eigenvalue weighted by atomic mass is 10.0. The van der Waals surface area contributed by atoms with E-state index < -0.39 is 22.2 Å². The van der Waals surface area contributed by atoms with Crippen molar-refractivity contribution in [3.63, 3.8) is 0 Å². The first-order chi connectivity index (χ1) is 20.2. The predicted octanol–water partition coefficient (Wildman–Crippen LogP) is 3.75. The molecule has 5 rings (SSSR count). The van der Waals surface area contributed by atoms with Crippen molar-refractivity contribution in [2.75, 3.05) is 38.9 Å². The van der Waals surface area contributed by atoms with E-state index in [4.69, 9.17) is 14.2 Å². The number of aliphatic hydroxyl groups excluding tert-OH is 1. The van der Waals surface area contributed by atoms with E-state index in [2.05, 4.69) is 17.2 Å². The molecule has 0 saturated heterocycles. The zero-order valence-corrected chi connectivity index (χ0v) is 24.4. The summed E-state index contributed by atoms with van der Waals surface area (Å²) in [5.41, 5.74) is 1.95. The van der Waals surface area contributed by atoms with Gasteiger partial charge in [-0.05, 0) is 49.4 Å². The van der Waals surface area contributed by atoms with Crippen LogP contribution in [0.25, 0.3) is 0 Å². The minimum atomic E-state index is -4.00. The first-order valence-corrected chi connectivity index (χ1v) is 15.0. The van der Waals surface area contributed by atoms with Gasteiger partial charge in [-0.2, -0.15) is 4.31 Å². The number of carbonyl (C=O) groups is 1. The van der Waals surface area contributed by atoms with Crippen LogP contribution < -0.4 is 19.5 Å². The standard InChI is InChI=1S/C31H33N3O7S/c1-21-17-34(22(2)19-35)42(37,38)30-14-11-24(10-9-23-7-5-4-6-8-23)15-28(30)41-29(21)18-33(3)31(36)32-25-12-13-26-27(16-25)40-20-39-26/h4-8,11-16,21-22,29,35H,17-20H2,1-3H3,(H,32,36)/t21-,22+,29-/m1/s1. The van der Waals surface area contributed by atoms with Gasteiger partial charge in [-0.1, -0.05) is 37.0 Å². The summed E-state index contributed by atoms with van der Waals surface area (Å²) in [6.07, 6.45) is -0.572. The van der Waals surface area contributed by atoms with Crippen molar-refractivity contribution < 1.29 is 32.5 Å². The number of benzene rings is 3. The average Bonchev–Trinajstić information content (AvgIpc) is 3.46. The highest BCUT2D eigenvalue weighted by atomic mass is 32.2. The second-order valence-electron chi connectivity index (χ2n) is 10.4. The van der Waals surface area contributed by atoms with Crippen LogP contribution >= 0.6 is 0 Å². The normalized spacial score (nSPS) is 19.6. The zero-order valence-electron chi connectivity index (χ0n) is 23.6. The van der Waals surface area contributed by atoms with Crippen molar-refractivity contribution in [1.29, 1.82) is 0 Å². The number of hydrogen-bond donors (Lipinski definition) is 2. The third-order valence-electron chi connectivity index (χ3n) is 7.22. The minimum absolute atomic E-state index is 0.0163. The number of urea groups is 1. The highest BCUT2D eigenvalue weighted by Gasteiger charge is 2.38. The molecular weight excluding hydrogens is 558 g/mol. The van der Waals surface area contributed by atoms with E-state index in [0.717, 1.165) is 5.56 Å². The maximum Gasteiger partial charge on any atom is 0.321 e. The highest BCUT2D eigenvalue weighted by Crippen LogP contribution is 2.35. The molecule has 3 aromatic carbocycles. The molecule has 3 aromatic rings. The van der Waals surface area contributed by atoms with Gasteiger partial charge >= 0.3 is 6.03 Å². The van der Waals surface area contributed by atoms with Crippen LogP contribution in [-0.2, 0) is 10.0 Å². The first kappa shape index (κ1) is 29.3. The van der Waals surface area contributed by atoms with Gasteiger partial charge in [0.2, 0.25) is 16.8 Å². The van der Waals surface area contributed by atoms with E-state index in [9.17, 15) is 18.3 Å². The summed E-state index contributed by atoms with van der Waals surface area (Å²) in [6, 6.07) is 18.3. The fourth-order valence-electron chi connectivity index (χ4n) is 4.73. The molecule has 11 heteroatoms. The number of sulfonamides is 1. The van der Waals surface area contributed by atoms with E-state index in [1.54, 1.807) is 44.3 Å². The molecule has 220 valence electrons. The topological polar surface area (TPSA) is 118 Å². The lowest BCUT2D eigenvalue weighted by Crippen LogP contribution is -2.50. The Kier molecular flexibility index (Phi) is 8.59. The molecular formula is C31H33N3O7S. The number of nitrogens with zero attached hydrogens (tertiary/aromatic N) is 2. The Morgan fingerprint density at radius 1 is 1.05 bits per heavy atom. The number of carbonyl (C=O) groups excluding carboxylic acids is 1. The fraction of sp³-hybridized carbons (Fsp3) is 0.323. The Morgan fingerprint density at radius 2 is 1.79 bits per heavy atom. The molecule has 2 aliphatic heterocycles. The lowest BCUT2D eigenvalue weighted by molar-refractivity contribution is 0.0830. The Hall–Kier alpha value is -4.24. The van der Waals surface area contributed by atoms with Gasteiger partial charge in [0.05, 0.1) is 13.2 Å². The van der Waals surface area contributed by atoms with Crippen LogP contribution in [0.3, 0.4) is 0 Å². The van der Waals surface area contributed by atoms with Crippen molar-refractivity contribution in [2.24, 2.45) is 5.92 Å². The quantitative estimate of drug-likeness (QED) is 0.434. The zero-order chi connectivity index (χ0) is 29.9. The fourth-order valence-corrected chi connectivity index (χ4v) is 6.56. The van der Waals surface area contributed by atoms with E-state index in [1.807, 2.05) is 37.3 Å². The molecule has 0 radical (unpaired) electrons. The van der Waals surface area contributed by atoms with Crippen molar-refractivity contribution in [1.82, 2.24) is 9.21 Å². The van der Waals surface area contributed by atoms with Crippen LogP contribution in [0.15, 0.2) is 71.6 Å². The maximum absolute atomic E-state index is 13.7. The van der Waals surface area contributed by atoms with Gasteiger partial charge < -0.3 is 29.5 Å². The molecule has 0 fully saturated rings. The second-order valence-corrected chi connectivity index (χ2v) is 12.3. The van der Waals surface area contributed by atoms with Crippen LogP contribution in [0.4, 0.5) is 10.5 Å². The molecule has 10 nitrogen and oxygen atoms in total. The van der Waals surface area contributed by atoms with Crippen molar-refractivity contribution in [2.45, 2.75) is 30.9 Å². The SMILES string of the molecule is C[C@@H]1CN([C@@H](C)CO)S(=O)(=O)c2ccc(C#Cc3ccccc3)cc2O[C@@H]1CN(C)C(=O)Nc1ccc2c(c1)OCO2. The molecule has 3 atom stereocenters. The predicted molar refractivity (Wildman–Crippen MR) is 157 cm³/mol. The highest BCUT2D eigenvalue weighted by molar-refractivity contribution is 7.89. The molecule has 0 saturated carbocycles. The molecule has 0 bridgehead atoms. The van der Waals surface area contributed by atoms with Gasteiger partial charge in [-0.25, -0.2) is 13.2 Å². The number of rotatable bonds is 5. The number of likely N-dealkylation sites (N-methyl/N-ethyl adjacent to an activating group) is 1. The average molecular weight is 592 g/mol. The summed E-state index contributed by atoms with van der Waals surface area (Å²) in [7, 11) is -2.36. The van der Waals surface area contributed by atoms with E-state index in [-0.39, 0.29) is 49.1 Å². The molecule has 0 unspecified atom stereocenters. The largest absolute Gasteiger partial charge is 0.487 e. The van der Waals surface area contributed by atoms with Crippen molar-refractivity contribution in [3.05, 3.63) is 77.9 Å². The number of fused-ring (bicyclic) bond motifs is 2. The van der Waals surface area contributed by atoms with Crippen molar-refractivity contribution >= 4 is 21.7 Å². The molecule has 2 heterocycles. The van der Waals surface area contributed by atoms with Gasteiger partial charge in [0.1, 0.15) is 16.7 Å². The summed E-state index contributed by atoms with van der Waals surface area (Å²) in [4.78, 5) is 14.6. The summed E-state index contributed by atoms with van der Waals surface area (Å²) in [5, 5.41) is 12.7. The minimum Gasteiger partial charge on any atom is -0.487 e. The monoisotopic (exact) mass is 591 g/mol. The lowest BCUT2D eigenvalue weighted by Gasteiger charge is -2.37. The Bertz CT molecular complexity index is 1620. The Balaban J connectivity index is 1.42. The molecule has 2 amide bonds. The van der Waals surface area contributed by atoms with E-state index in [0.29, 0.717) is 22.7 Å². The number of ether oxygens (including phenoxy) is 3. The number of nitrogens with one attached hydrogen (secondary N) is 1. The second kappa shape index (κ2) is 12.3. The van der Waals surface area contributed by atoms with Gasteiger partial charge in [0.15, 0.2) is 11.5 Å². The summed E-state index contributed by atoms with van der Waals surface area (Å²) in [5.74, 6) is 7.14. The Labute approximate surface area is 245 Å². The number of aliphatic hydroxyl groups is 1. The number of amides is 2. The summed E-state index contributed by atoms with van der Waals surface area (Å²) in [6.45, 7) is 3.58. The van der Waals surface area contributed by atoms with Gasteiger partial charge in [-0.3, -0.25) is 0 Å². The van der Waals surface area contributed by atoms with Crippen LogP contribution in [0.1, 0.15) is 25.0 Å². The third kappa shape index (κ3) is 6.31. The van der Waals surface area contributed by atoms with Crippen LogP contribution in [0, 0.1) is 17.8 Å². The molecule has 42 heavy (non-hydrogen) atoms. The summed E-state index contributed by atoms with van der Waals surface area (Å²) < 4.78 is 45.9. The first-order valence-electron chi connectivity index (χ1n) is 13.6. The molecule has 0 aliphatic carbocycles. The summed E-state index contributed by atoms with van der Waals surface area (Å²) >= 11 is 0. The van der Waals surface area contributed by atoms with Crippen LogP contribution in [0.5, 0.6) is 17.2 Å². The van der Waals surface area contributed by atoms with Gasteiger partial charge in [0, 0.05) is 48.4 Å². The molecule has 2 aliphatic rings. The van der Waals surface area contributed by atoms with Gasteiger partial charge in [0.25, 0.3) is 0 Å². The van der Waals surface area contributed by atoms with E-state index >= 15 is 0 Å². The van der Waals surface area contributed by atoms with E-state index in [1.165, 1.54) is 15.3 Å². The van der Waals surface area contributed by atoms with Crippen LogP contribution in [0.2, 0.25) is 0 Å². The number of hydrogen-bond acceptors (Lipinski definition) is 7. The third-order valence-corrected chi connectivity index (χ3v) is 9.24. The molecule has 0 aromatic heterocycles. The van der Waals surface area contributed by atoms with Gasteiger partial charge in [-0.15, -0.1) is 0 Å².